The molecule has 0 unspecified atom stereocenters. The number of fused-ring (bicyclic) bond motifs is 4. The van der Waals surface area contributed by atoms with Gasteiger partial charge in [0.2, 0.25) is 0 Å². The van der Waals surface area contributed by atoms with Crippen molar-refractivity contribution in [3.8, 4) is 33.4 Å². The molecule has 0 aromatic heterocycles. The van der Waals surface area contributed by atoms with Crippen LogP contribution in [0, 0.1) is 0 Å². The van der Waals surface area contributed by atoms with Gasteiger partial charge in [-0.05, 0) is 91.7 Å². The molecule has 1 aliphatic carbocycles. The summed E-state index contributed by atoms with van der Waals surface area (Å²) < 4.78 is 0. The molecule has 0 aliphatic heterocycles. The van der Waals surface area contributed by atoms with E-state index in [1.54, 1.807) is 0 Å². The van der Waals surface area contributed by atoms with Crippen molar-refractivity contribution in [3.63, 3.8) is 0 Å². The molecule has 0 saturated carbocycles. The molecule has 0 atom stereocenters. The van der Waals surface area contributed by atoms with Crippen molar-refractivity contribution in [2.24, 2.45) is 0 Å². The van der Waals surface area contributed by atoms with Crippen LogP contribution in [0.25, 0.3) is 44.2 Å². The van der Waals surface area contributed by atoms with Crippen LogP contribution < -0.4 is 4.90 Å². The van der Waals surface area contributed by atoms with E-state index in [2.05, 4.69) is 183 Å². The SMILES string of the molecule is CC1(C)c2ccccc2-c2cccc(-c3ccc(N(c4ccccc4)c4cccc(-c5cccc6ccccc56)c4)cc3)c21. The lowest BCUT2D eigenvalue weighted by Gasteiger charge is -2.27. The molecule has 44 heavy (non-hydrogen) atoms. The number of nitrogens with zero attached hydrogens (tertiary/aromatic N) is 1. The second kappa shape index (κ2) is 10.4. The van der Waals surface area contributed by atoms with Crippen molar-refractivity contribution in [1.29, 1.82) is 0 Å². The van der Waals surface area contributed by atoms with Crippen LogP contribution in [0.1, 0.15) is 25.0 Å². The first-order chi connectivity index (χ1) is 21.6. The molecule has 0 saturated heterocycles. The van der Waals surface area contributed by atoms with Gasteiger partial charge in [-0.1, -0.05) is 141 Å². The zero-order valence-electron chi connectivity index (χ0n) is 25.0. The smallest absolute Gasteiger partial charge is 0.0467 e. The number of rotatable bonds is 5. The quantitative estimate of drug-likeness (QED) is 0.201. The summed E-state index contributed by atoms with van der Waals surface area (Å²) in [6, 6.07) is 59.5. The minimum atomic E-state index is -0.0562. The van der Waals surface area contributed by atoms with Crippen LogP contribution in [-0.2, 0) is 5.41 Å². The third-order valence-electron chi connectivity index (χ3n) is 9.24. The first-order valence-electron chi connectivity index (χ1n) is 15.4. The predicted octanol–water partition coefficient (Wildman–Crippen LogP) is 11.9. The van der Waals surface area contributed by atoms with E-state index >= 15 is 0 Å². The Kier molecular flexibility index (Phi) is 6.20. The van der Waals surface area contributed by atoms with Gasteiger partial charge in [0.05, 0.1) is 0 Å². The highest BCUT2D eigenvalue weighted by atomic mass is 15.1. The van der Waals surface area contributed by atoms with Gasteiger partial charge in [-0.3, -0.25) is 0 Å². The number of hydrogen-bond acceptors (Lipinski definition) is 1. The van der Waals surface area contributed by atoms with Crippen molar-refractivity contribution in [3.05, 3.63) is 175 Å². The molecular formula is C43H33N. The topological polar surface area (TPSA) is 3.24 Å². The van der Waals surface area contributed by atoms with Crippen LogP contribution in [0.5, 0.6) is 0 Å². The lowest BCUT2D eigenvalue weighted by Crippen LogP contribution is -2.16. The summed E-state index contributed by atoms with van der Waals surface area (Å²) in [5, 5.41) is 2.52. The molecule has 0 bridgehead atoms. The maximum atomic E-state index is 2.36. The van der Waals surface area contributed by atoms with Crippen molar-refractivity contribution in [1.82, 2.24) is 0 Å². The lowest BCUT2D eigenvalue weighted by atomic mass is 9.79. The minimum absolute atomic E-state index is 0.0562. The van der Waals surface area contributed by atoms with E-state index in [1.807, 2.05) is 0 Å². The van der Waals surface area contributed by atoms with Crippen LogP contribution in [0.2, 0.25) is 0 Å². The molecule has 7 aromatic carbocycles. The Morgan fingerprint density at radius 1 is 0.409 bits per heavy atom. The van der Waals surface area contributed by atoms with Gasteiger partial charge in [0.15, 0.2) is 0 Å². The maximum Gasteiger partial charge on any atom is 0.0467 e. The Balaban J connectivity index is 1.22. The zero-order valence-corrected chi connectivity index (χ0v) is 25.0. The highest BCUT2D eigenvalue weighted by Gasteiger charge is 2.37. The Morgan fingerprint density at radius 3 is 1.86 bits per heavy atom. The van der Waals surface area contributed by atoms with Crippen LogP contribution in [0.3, 0.4) is 0 Å². The van der Waals surface area contributed by atoms with Crippen LogP contribution in [0.4, 0.5) is 17.1 Å². The molecule has 1 nitrogen and oxygen atoms in total. The molecule has 210 valence electrons. The van der Waals surface area contributed by atoms with E-state index in [9.17, 15) is 0 Å². The summed E-state index contributed by atoms with van der Waals surface area (Å²) in [7, 11) is 0. The molecule has 0 amide bonds. The summed E-state index contributed by atoms with van der Waals surface area (Å²) in [5.41, 5.74) is 13.9. The van der Waals surface area contributed by atoms with Crippen molar-refractivity contribution >= 4 is 27.8 Å². The van der Waals surface area contributed by atoms with Gasteiger partial charge >= 0.3 is 0 Å². The summed E-state index contributed by atoms with van der Waals surface area (Å²) in [4.78, 5) is 2.35. The Bertz CT molecular complexity index is 2130. The lowest BCUT2D eigenvalue weighted by molar-refractivity contribution is 0.662. The van der Waals surface area contributed by atoms with Crippen molar-refractivity contribution < 1.29 is 0 Å². The van der Waals surface area contributed by atoms with Gasteiger partial charge in [-0.2, -0.15) is 0 Å². The zero-order chi connectivity index (χ0) is 29.7. The van der Waals surface area contributed by atoms with E-state index < -0.39 is 0 Å². The molecule has 0 radical (unpaired) electrons. The van der Waals surface area contributed by atoms with Crippen molar-refractivity contribution in [2.45, 2.75) is 19.3 Å². The maximum absolute atomic E-state index is 2.36. The van der Waals surface area contributed by atoms with Gasteiger partial charge in [0.1, 0.15) is 0 Å². The fourth-order valence-electron chi connectivity index (χ4n) is 7.19. The third kappa shape index (κ3) is 4.24. The van der Waals surface area contributed by atoms with E-state index in [0.717, 1.165) is 17.1 Å². The van der Waals surface area contributed by atoms with Gasteiger partial charge in [0.25, 0.3) is 0 Å². The minimum Gasteiger partial charge on any atom is -0.310 e. The summed E-state index contributed by atoms with van der Waals surface area (Å²) in [6.07, 6.45) is 0. The molecule has 0 N–H and O–H groups in total. The summed E-state index contributed by atoms with van der Waals surface area (Å²) in [6.45, 7) is 4.71. The van der Waals surface area contributed by atoms with E-state index in [1.165, 1.54) is 55.3 Å². The Hall–Kier alpha value is -5.40. The van der Waals surface area contributed by atoms with Crippen LogP contribution >= 0.6 is 0 Å². The normalized spacial score (nSPS) is 13.0. The molecule has 0 spiro atoms. The molecule has 8 rings (SSSR count). The van der Waals surface area contributed by atoms with E-state index in [4.69, 9.17) is 0 Å². The molecular weight excluding hydrogens is 530 g/mol. The summed E-state index contributed by atoms with van der Waals surface area (Å²) in [5.74, 6) is 0. The van der Waals surface area contributed by atoms with Gasteiger partial charge in [0, 0.05) is 22.5 Å². The standard InChI is InChI=1S/C43H33N/c1-43(2)41-24-9-8-20-39(41)40-23-12-22-38(42(40)43)31-25-27-34(28-26-31)44(33-16-4-3-5-17-33)35-18-10-15-32(29-35)37-21-11-14-30-13-6-7-19-36(30)37/h3-29H,1-2H3. The van der Waals surface area contributed by atoms with E-state index in [0.29, 0.717) is 0 Å². The fraction of sp³-hybridized carbons (Fsp3) is 0.0698. The number of anilines is 3. The molecule has 1 aliphatic rings. The molecule has 0 heterocycles. The monoisotopic (exact) mass is 563 g/mol. The van der Waals surface area contributed by atoms with Crippen LogP contribution in [-0.4, -0.2) is 0 Å². The van der Waals surface area contributed by atoms with Gasteiger partial charge < -0.3 is 4.90 Å². The average molecular weight is 564 g/mol. The largest absolute Gasteiger partial charge is 0.310 e. The number of para-hydroxylation sites is 1. The van der Waals surface area contributed by atoms with Crippen molar-refractivity contribution in [2.75, 3.05) is 4.90 Å². The molecule has 1 heteroatoms. The first-order valence-corrected chi connectivity index (χ1v) is 15.4. The second-order valence-corrected chi connectivity index (χ2v) is 12.2. The highest BCUT2D eigenvalue weighted by molar-refractivity contribution is 5.97. The van der Waals surface area contributed by atoms with Gasteiger partial charge in [-0.15, -0.1) is 0 Å². The fourth-order valence-corrected chi connectivity index (χ4v) is 7.19. The van der Waals surface area contributed by atoms with Crippen LogP contribution in [0.15, 0.2) is 164 Å². The number of hydrogen-bond donors (Lipinski definition) is 0. The van der Waals surface area contributed by atoms with Gasteiger partial charge in [-0.25, -0.2) is 0 Å². The number of benzene rings is 7. The average Bonchev–Trinajstić information content (AvgIpc) is 3.32. The predicted molar refractivity (Wildman–Crippen MR) is 187 cm³/mol. The summed E-state index contributed by atoms with van der Waals surface area (Å²) >= 11 is 0. The van der Waals surface area contributed by atoms with E-state index in [-0.39, 0.29) is 5.41 Å². The third-order valence-corrected chi connectivity index (χ3v) is 9.24. The Labute approximate surface area is 259 Å². The highest BCUT2D eigenvalue weighted by Crippen LogP contribution is 2.52. The molecule has 0 fully saturated rings. The Morgan fingerprint density at radius 2 is 1.00 bits per heavy atom. The second-order valence-electron chi connectivity index (χ2n) is 12.2. The molecule has 7 aromatic rings. The first kappa shape index (κ1) is 26.2.